The molecule has 1 aromatic rings. The quantitative estimate of drug-likeness (QED) is 0.922. The molecule has 2 aliphatic heterocycles. The lowest BCUT2D eigenvalue weighted by molar-refractivity contribution is -0.138. The third-order valence-electron chi connectivity index (χ3n) is 4.83. The van der Waals surface area contributed by atoms with Gasteiger partial charge in [-0.25, -0.2) is 0 Å². The Hall–Kier alpha value is -1.10. The van der Waals surface area contributed by atoms with Gasteiger partial charge < -0.3 is 10.2 Å². The van der Waals surface area contributed by atoms with Gasteiger partial charge >= 0.3 is 0 Å². The zero-order valence-electron chi connectivity index (χ0n) is 13.8. The highest BCUT2D eigenvalue weighted by molar-refractivity contribution is 6.30. The van der Waals surface area contributed by atoms with Crippen molar-refractivity contribution in [1.82, 2.24) is 15.1 Å². The average Bonchev–Trinajstić information content (AvgIpc) is 2.56. The van der Waals surface area contributed by atoms with Crippen molar-refractivity contribution in [2.45, 2.75) is 38.3 Å². The summed E-state index contributed by atoms with van der Waals surface area (Å²) in [5.74, 6) is 0.237. The van der Waals surface area contributed by atoms with Crippen LogP contribution in [0.15, 0.2) is 24.3 Å². The number of rotatable bonds is 3. The standard InChI is InChI=1S/C18H26ClN3O/c1-14-13-22(11-8-20-14)17(15-6-5-7-16(19)12-15)18(23)21-9-3-2-4-10-21/h5-7,12,14,17,20H,2-4,8-11,13H2,1H3. The van der Waals surface area contributed by atoms with Gasteiger partial charge in [0.15, 0.2) is 0 Å². The average molecular weight is 336 g/mol. The van der Waals surface area contributed by atoms with Crippen LogP contribution < -0.4 is 5.32 Å². The van der Waals surface area contributed by atoms with Gasteiger partial charge in [0, 0.05) is 43.8 Å². The first-order chi connectivity index (χ1) is 11.1. The van der Waals surface area contributed by atoms with Gasteiger partial charge in [0.25, 0.3) is 0 Å². The summed E-state index contributed by atoms with van der Waals surface area (Å²) in [6.45, 7) is 6.64. The van der Waals surface area contributed by atoms with E-state index in [1.807, 2.05) is 29.2 Å². The van der Waals surface area contributed by atoms with Crippen molar-refractivity contribution >= 4 is 17.5 Å². The lowest BCUT2D eigenvalue weighted by Crippen LogP contribution is -2.54. The van der Waals surface area contributed by atoms with E-state index in [0.29, 0.717) is 11.1 Å². The predicted molar refractivity (Wildman–Crippen MR) is 93.7 cm³/mol. The molecule has 126 valence electrons. The molecule has 0 saturated carbocycles. The third kappa shape index (κ3) is 4.06. The Morgan fingerprint density at radius 3 is 2.74 bits per heavy atom. The molecule has 2 heterocycles. The van der Waals surface area contributed by atoms with E-state index in [1.54, 1.807) is 0 Å². The Bertz CT molecular complexity index is 545. The zero-order chi connectivity index (χ0) is 16.2. The highest BCUT2D eigenvalue weighted by atomic mass is 35.5. The van der Waals surface area contributed by atoms with Crippen LogP contribution in [0.5, 0.6) is 0 Å². The maximum atomic E-state index is 13.2. The van der Waals surface area contributed by atoms with E-state index in [-0.39, 0.29) is 11.9 Å². The second kappa shape index (κ2) is 7.65. The number of nitrogens with one attached hydrogen (secondary N) is 1. The molecule has 3 rings (SSSR count). The fourth-order valence-electron chi connectivity index (χ4n) is 3.67. The summed E-state index contributed by atoms with van der Waals surface area (Å²) in [5, 5.41) is 4.15. The minimum atomic E-state index is -0.212. The summed E-state index contributed by atoms with van der Waals surface area (Å²) in [4.78, 5) is 17.6. The number of halogens is 1. The van der Waals surface area contributed by atoms with Crippen LogP contribution >= 0.6 is 11.6 Å². The van der Waals surface area contributed by atoms with Crippen molar-refractivity contribution < 1.29 is 4.79 Å². The molecule has 0 aromatic heterocycles. The third-order valence-corrected chi connectivity index (χ3v) is 5.07. The monoisotopic (exact) mass is 335 g/mol. The molecular formula is C18H26ClN3O. The SMILES string of the molecule is CC1CN(C(C(=O)N2CCCCC2)c2cccc(Cl)c2)CCN1. The molecule has 2 saturated heterocycles. The Labute approximate surface area is 143 Å². The molecule has 0 radical (unpaired) electrons. The number of carbonyl (C=O) groups is 1. The van der Waals surface area contributed by atoms with Crippen molar-refractivity contribution in [3.63, 3.8) is 0 Å². The molecule has 1 amide bonds. The number of piperazine rings is 1. The van der Waals surface area contributed by atoms with Crippen LogP contribution in [-0.2, 0) is 4.79 Å². The summed E-state index contributed by atoms with van der Waals surface area (Å²) in [6.07, 6.45) is 3.47. The van der Waals surface area contributed by atoms with Crippen LogP contribution in [0, 0.1) is 0 Å². The molecular weight excluding hydrogens is 310 g/mol. The maximum Gasteiger partial charge on any atom is 0.244 e. The Morgan fingerprint density at radius 2 is 2.04 bits per heavy atom. The van der Waals surface area contributed by atoms with Crippen LogP contribution in [0.4, 0.5) is 0 Å². The minimum Gasteiger partial charge on any atom is -0.341 e. The summed E-state index contributed by atoms with van der Waals surface area (Å²) < 4.78 is 0. The number of piperidine rings is 1. The van der Waals surface area contributed by atoms with Gasteiger partial charge in [-0.2, -0.15) is 0 Å². The first-order valence-corrected chi connectivity index (χ1v) is 9.04. The largest absolute Gasteiger partial charge is 0.341 e. The van der Waals surface area contributed by atoms with E-state index in [1.165, 1.54) is 6.42 Å². The smallest absolute Gasteiger partial charge is 0.244 e. The van der Waals surface area contributed by atoms with E-state index < -0.39 is 0 Å². The van der Waals surface area contributed by atoms with Crippen molar-refractivity contribution in [2.24, 2.45) is 0 Å². The number of hydrogen-bond donors (Lipinski definition) is 1. The van der Waals surface area contributed by atoms with Crippen LogP contribution in [0.1, 0.15) is 37.8 Å². The Kier molecular flexibility index (Phi) is 5.57. The lowest BCUT2D eigenvalue weighted by atomic mass is 10.0. The molecule has 2 aliphatic rings. The summed E-state index contributed by atoms with van der Waals surface area (Å²) in [6, 6.07) is 7.98. The van der Waals surface area contributed by atoms with E-state index in [4.69, 9.17) is 11.6 Å². The highest BCUT2D eigenvalue weighted by Gasteiger charge is 2.33. The number of amides is 1. The predicted octanol–water partition coefficient (Wildman–Crippen LogP) is 2.69. The summed E-state index contributed by atoms with van der Waals surface area (Å²) in [7, 11) is 0. The van der Waals surface area contributed by atoms with Gasteiger partial charge in [-0.3, -0.25) is 9.69 Å². The first-order valence-electron chi connectivity index (χ1n) is 8.67. The summed E-state index contributed by atoms with van der Waals surface area (Å²) >= 11 is 6.19. The van der Waals surface area contributed by atoms with Gasteiger partial charge in [0.2, 0.25) is 5.91 Å². The molecule has 5 heteroatoms. The molecule has 23 heavy (non-hydrogen) atoms. The molecule has 0 aliphatic carbocycles. The molecule has 4 nitrogen and oxygen atoms in total. The van der Waals surface area contributed by atoms with Crippen LogP contribution in [0.25, 0.3) is 0 Å². The van der Waals surface area contributed by atoms with Crippen LogP contribution in [0.2, 0.25) is 5.02 Å². The van der Waals surface area contributed by atoms with Crippen LogP contribution in [-0.4, -0.2) is 54.5 Å². The fourth-order valence-corrected chi connectivity index (χ4v) is 3.87. The van der Waals surface area contributed by atoms with Gasteiger partial charge in [0.1, 0.15) is 6.04 Å². The van der Waals surface area contributed by atoms with Crippen molar-refractivity contribution in [3.8, 4) is 0 Å². The van der Waals surface area contributed by atoms with Gasteiger partial charge in [-0.05, 0) is 43.9 Å². The van der Waals surface area contributed by atoms with Crippen molar-refractivity contribution in [1.29, 1.82) is 0 Å². The van der Waals surface area contributed by atoms with E-state index >= 15 is 0 Å². The molecule has 1 aromatic carbocycles. The van der Waals surface area contributed by atoms with Crippen LogP contribution in [0.3, 0.4) is 0 Å². The minimum absolute atomic E-state index is 0.212. The summed E-state index contributed by atoms with van der Waals surface area (Å²) in [5.41, 5.74) is 1.02. The zero-order valence-corrected chi connectivity index (χ0v) is 14.6. The number of likely N-dealkylation sites (tertiary alicyclic amines) is 1. The molecule has 0 spiro atoms. The lowest BCUT2D eigenvalue weighted by Gasteiger charge is -2.40. The Morgan fingerprint density at radius 1 is 1.26 bits per heavy atom. The second-order valence-electron chi connectivity index (χ2n) is 6.69. The van der Waals surface area contributed by atoms with Crippen molar-refractivity contribution in [3.05, 3.63) is 34.9 Å². The molecule has 2 fully saturated rings. The topological polar surface area (TPSA) is 35.6 Å². The molecule has 2 unspecified atom stereocenters. The first kappa shape index (κ1) is 16.7. The van der Waals surface area contributed by atoms with Crippen molar-refractivity contribution in [2.75, 3.05) is 32.7 Å². The second-order valence-corrected chi connectivity index (χ2v) is 7.13. The van der Waals surface area contributed by atoms with E-state index in [2.05, 4.69) is 17.1 Å². The van der Waals surface area contributed by atoms with Gasteiger partial charge in [-0.15, -0.1) is 0 Å². The maximum absolute atomic E-state index is 13.2. The number of benzene rings is 1. The van der Waals surface area contributed by atoms with Gasteiger partial charge in [0.05, 0.1) is 0 Å². The molecule has 2 atom stereocenters. The number of nitrogens with zero attached hydrogens (tertiary/aromatic N) is 2. The molecule has 0 bridgehead atoms. The number of hydrogen-bond acceptors (Lipinski definition) is 3. The fraction of sp³-hybridized carbons (Fsp3) is 0.611. The van der Waals surface area contributed by atoms with E-state index in [0.717, 1.165) is 51.1 Å². The molecule has 1 N–H and O–H groups in total. The van der Waals surface area contributed by atoms with Gasteiger partial charge in [-0.1, -0.05) is 23.7 Å². The van der Waals surface area contributed by atoms with E-state index in [9.17, 15) is 4.79 Å². The normalized spacial score (nSPS) is 24.4. The Balaban J connectivity index is 1.87. The number of carbonyl (C=O) groups excluding carboxylic acids is 1. The highest BCUT2D eigenvalue weighted by Crippen LogP contribution is 2.28.